The van der Waals surface area contributed by atoms with Gasteiger partial charge in [-0.15, -0.1) is 0 Å². The maximum atomic E-state index is 13.2. The van der Waals surface area contributed by atoms with Crippen molar-refractivity contribution in [2.75, 3.05) is 39.5 Å². The van der Waals surface area contributed by atoms with Crippen LogP contribution in [0.1, 0.15) is 222 Å². The molecule has 0 radical (unpaired) electrons. The van der Waals surface area contributed by atoms with Crippen LogP contribution >= 0.6 is 0 Å². The Morgan fingerprint density at radius 1 is 0.456 bits per heavy atom. The van der Waals surface area contributed by atoms with Gasteiger partial charge in [-0.25, -0.2) is 0 Å². The Hall–Kier alpha value is -1.63. The molecule has 0 aliphatic carbocycles. The zero-order valence-corrected chi connectivity index (χ0v) is 39.1. The van der Waals surface area contributed by atoms with E-state index >= 15 is 0 Å². The smallest absolute Gasteiger partial charge is 0.308 e. The van der Waals surface area contributed by atoms with Gasteiger partial charge < -0.3 is 19.1 Å². The van der Waals surface area contributed by atoms with Crippen LogP contribution in [0.2, 0.25) is 0 Å². The highest BCUT2D eigenvalue weighted by atomic mass is 16.5. The zero-order chi connectivity index (χ0) is 42.1. The normalized spacial score (nSPS) is 15.4. The Morgan fingerprint density at radius 3 is 1.26 bits per heavy atom. The van der Waals surface area contributed by atoms with Crippen molar-refractivity contribution in [1.29, 1.82) is 0 Å². The fourth-order valence-corrected chi connectivity index (χ4v) is 8.09. The van der Waals surface area contributed by atoms with Crippen molar-refractivity contribution in [2.45, 2.75) is 222 Å². The van der Waals surface area contributed by atoms with Crippen molar-refractivity contribution in [3.05, 3.63) is 0 Å². The van der Waals surface area contributed by atoms with Gasteiger partial charge in [0.25, 0.3) is 0 Å². The first kappa shape index (κ1) is 53.4. The van der Waals surface area contributed by atoms with E-state index in [0.29, 0.717) is 68.2 Å². The summed E-state index contributed by atoms with van der Waals surface area (Å²) < 4.78 is 17.2. The molecule has 336 valence electrons. The van der Waals surface area contributed by atoms with Crippen LogP contribution in [0.4, 0.5) is 0 Å². The second kappa shape index (κ2) is 35.2. The van der Waals surface area contributed by atoms with Gasteiger partial charge in [0.15, 0.2) is 0 Å². The highest BCUT2D eigenvalue weighted by Crippen LogP contribution is 2.24. The molecule has 1 saturated heterocycles. The van der Waals surface area contributed by atoms with Gasteiger partial charge in [-0.1, -0.05) is 152 Å². The molecule has 0 aromatic heterocycles. The minimum Gasteiger partial charge on any atom is -0.465 e. The number of piperidine rings is 1. The summed E-state index contributed by atoms with van der Waals surface area (Å²) in [6.45, 7) is 23.0. The van der Waals surface area contributed by atoms with Gasteiger partial charge in [-0.2, -0.15) is 0 Å². The van der Waals surface area contributed by atoms with E-state index in [9.17, 15) is 14.4 Å². The Balaban J connectivity index is 2.28. The molecule has 2 unspecified atom stereocenters. The van der Waals surface area contributed by atoms with Gasteiger partial charge >= 0.3 is 17.9 Å². The van der Waals surface area contributed by atoms with E-state index in [-0.39, 0.29) is 23.8 Å². The number of hydrogen-bond acceptors (Lipinski definition) is 7. The predicted molar refractivity (Wildman–Crippen MR) is 239 cm³/mol. The lowest BCUT2D eigenvalue weighted by atomic mass is 9.89. The summed E-state index contributed by atoms with van der Waals surface area (Å²) in [5.74, 6) is 3.33. The van der Waals surface area contributed by atoms with E-state index in [2.05, 4.69) is 60.3 Å². The lowest BCUT2D eigenvalue weighted by Gasteiger charge is -2.26. The summed E-state index contributed by atoms with van der Waals surface area (Å²) in [5.41, 5.74) is 0. The number of esters is 3. The van der Waals surface area contributed by atoms with E-state index in [1.54, 1.807) is 0 Å². The Labute approximate surface area is 353 Å². The van der Waals surface area contributed by atoms with Crippen molar-refractivity contribution < 1.29 is 28.6 Å². The molecule has 0 N–H and O–H groups in total. The fraction of sp³-hybridized carbons (Fsp3) is 0.940. The molecule has 1 aliphatic rings. The number of rotatable bonds is 37. The molecular formula is C50H95NO6. The van der Waals surface area contributed by atoms with Crippen molar-refractivity contribution in [1.82, 2.24) is 4.90 Å². The van der Waals surface area contributed by atoms with E-state index in [0.717, 1.165) is 103 Å². The highest BCUT2D eigenvalue weighted by molar-refractivity contribution is 5.72. The Bertz CT molecular complexity index is 916. The van der Waals surface area contributed by atoms with E-state index in [1.165, 1.54) is 70.9 Å². The van der Waals surface area contributed by atoms with E-state index in [1.807, 2.05) is 0 Å². The molecule has 1 rings (SSSR count). The lowest BCUT2D eigenvalue weighted by Crippen LogP contribution is -2.31. The van der Waals surface area contributed by atoms with Gasteiger partial charge in [0, 0.05) is 19.4 Å². The summed E-state index contributed by atoms with van der Waals surface area (Å²) in [7, 11) is 0. The van der Waals surface area contributed by atoms with Crippen molar-refractivity contribution in [2.24, 2.45) is 41.4 Å². The summed E-state index contributed by atoms with van der Waals surface area (Å²) in [5, 5.41) is 0. The summed E-state index contributed by atoms with van der Waals surface area (Å²) >= 11 is 0. The summed E-state index contributed by atoms with van der Waals surface area (Å²) in [4.78, 5) is 40.4. The number of hydrogen-bond donors (Lipinski definition) is 0. The molecule has 0 amide bonds. The molecular weight excluding hydrogens is 711 g/mol. The lowest BCUT2D eigenvalue weighted by molar-refractivity contribution is -0.149. The van der Waals surface area contributed by atoms with Crippen LogP contribution in [0.3, 0.4) is 0 Å². The monoisotopic (exact) mass is 806 g/mol. The highest BCUT2D eigenvalue weighted by Gasteiger charge is 2.21. The molecule has 1 aliphatic heterocycles. The zero-order valence-electron chi connectivity index (χ0n) is 39.1. The SMILES string of the molecule is CC(C)CCC(COC(=O)CCCCCCCCCC(CCCCCCCCCC(=O)OCC(CCC(C)C)C(C)C)C(=O)OCCCN1CCCCC1)C(C)C. The van der Waals surface area contributed by atoms with Crippen LogP contribution in [0.25, 0.3) is 0 Å². The van der Waals surface area contributed by atoms with Gasteiger partial charge in [-0.05, 0) is 106 Å². The maximum Gasteiger partial charge on any atom is 0.308 e. The molecule has 57 heavy (non-hydrogen) atoms. The van der Waals surface area contributed by atoms with Crippen LogP contribution in [-0.4, -0.2) is 62.3 Å². The first-order chi connectivity index (χ1) is 27.4. The van der Waals surface area contributed by atoms with Gasteiger partial charge in [0.05, 0.1) is 25.7 Å². The number of likely N-dealkylation sites (tertiary alicyclic amines) is 1. The third kappa shape index (κ3) is 31.0. The first-order valence-electron chi connectivity index (χ1n) is 24.6. The quantitative estimate of drug-likeness (QED) is 0.0351. The van der Waals surface area contributed by atoms with E-state index < -0.39 is 0 Å². The second-order valence-corrected chi connectivity index (χ2v) is 19.5. The van der Waals surface area contributed by atoms with Crippen molar-refractivity contribution >= 4 is 17.9 Å². The Morgan fingerprint density at radius 2 is 0.860 bits per heavy atom. The van der Waals surface area contributed by atoms with Gasteiger partial charge in [0.2, 0.25) is 0 Å². The van der Waals surface area contributed by atoms with Gasteiger partial charge in [0.1, 0.15) is 0 Å². The topological polar surface area (TPSA) is 82.1 Å². The number of nitrogens with zero attached hydrogens (tertiary/aromatic N) is 1. The number of ether oxygens (including phenoxy) is 3. The molecule has 0 spiro atoms. The van der Waals surface area contributed by atoms with E-state index in [4.69, 9.17) is 14.2 Å². The molecule has 1 heterocycles. The Kier molecular flexibility index (Phi) is 32.9. The van der Waals surface area contributed by atoms with Gasteiger partial charge in [-0.3, -0.25) is 14.4 Å². The molecule has 0 aromatic rings. The molecule has 0 saturated carbocycles. The molecule has 1 fully saturated rings. The van der Waals surface area contributed by atoms with Crippen LogP contribution in [0.5, 0.6) is 0 Å². The predicted octanol–water partition coefficient (Wildman–Crippen LogP) is 13.5. The molecule has 7 heteroatoms. The van der Waals surface area contributed by atoms with Crippen LogP contribution in [0.15, 0.2) is 0 Å². The average molecular weight is 806 g/mol. The fourth-order valence-electron chi connectivity index (χ4n) is 8.09. The third-order valence-corrected chi connectivity index (χ3v) is 12.5. The average Bonchev–Trinajstić information content (AvgIpc) is 3.17. The van der Waals surface area contributed by atoms with Crippen molar-refractivity contribution in [3.63, 3.8) is 0 Å². The molecule has 7 nitrogen and oxygen atoms in total. The van der Waals surface area contributed by atoms with Crippen molar-refractivity contribution in [3.8, 4) is 0 Å². The maximum absolute atomic E-state index is 13.2. The molecule has 0 bridgehead atoms. The second-order valence-electron chi connectivity index (χ2n) is 19.5. The van der Waals surface area contributed by atoms with Crippen LogP contribution in [-0.2, 0) is 28.6 Å². The molecule has 0 aromatic carbocycles. The largest absolute Gasteiger partial charge is 0.465 e. The number of carbonyl (C=O) groups is 3. The summed E-state index contributed by atoms with van der Waals surface area (Å²) in [6.07, 6.45) is 27.9. The minimum atomic E-state index is -0.0356. The third-order valence-electron chi connectivity index (χ3n) is 12.5. The van der Waals surface area contributed by atoms with Crippen LogP contribution < -0.4 is 0 Å². The first-order valence-corrected chi connectivity index (χ1v) is 24.6. The minimum absolute atomic E-state index is 0.0124. The standard InChI is InChI=1S/C50H95NO6/c1-41(2)31-33-46(43(5)6)39-56-48(52)29-22-17-13-9-11-15-20-27-45(50(54)55-38-26-37-51-35-24-19-25-36-51)28-21-16-12-10-14-18-23-30-49(53)57-40-47(44(7)8)34-32-42(3)4/h41-47H,9-40H2,1-8H3. The van der Waals surface area contributed by atoms with Crippen LogP contribution in [0, 0.1) is 41.4 Å². The number of unbranched alkanes of at least 4 members (excludes halogenated alkanes) is 12. The molecule has 2 atom stereocenters. The summed E-state index contributed by atoms with van der Waals surface area (Å²) in [6, 6.07) is 0. The number of carbonyl (C=O) groups excluding carboxylic acids is 3.